The predicted octanol–water partition coefficient (Wildman–Crippen LogP) is 2.67. The van der Waals surface area contributed by atoms with Gasteiger partial charge in [0.2, 0.25) is 0 Å². The molecule has 0 aliphatic heterocycles. The average Bonchev–Trinajstić information content (AvgIpc) is 2.68. The minimum absolute atomic E-state index is 0.458. The van der Waals surface area contributed by atoms with Gasteiger partial charge in [0.25, 0.3) is 0 Å². The van der Waals surface area contributed by atoms with Crippen LogP contribution in [-0.4, -0.2) is 21.1 Å². The largest absolute Gasteiger partial charge is 0.331 e. The van der Waals surface area contributed by atoms with Crippen molar-refractivity contribution in [2.24, 2.45) is 12.1 Å². The lowest BCUT2D eigenvalue weighted by atomic mass is 10.2. The molecule has 6 heteroatoms. The van der Waals surface area contributed by atoms with Crippen LogP contribution in [0.2, 0.25) is 0 Å². The Hall–Kier alpha value is -2.21. The maximum absolute atomic E-state index is 5.23. The summed E-state index contributed by atoms with van der Waals surface area (Å²) in [5, 5.41) is 12.1. The van der Waals surface area contributed by atoms with E-state index in [9.17, 15) is 0 Å². The summed E-state index contributed by atoms with van der Waals surface area (Å²) in [4.78, 5) is 0. The fourth-order valence-corrected chi connectivity index (χ4v) is 2.16. The Labute approximate surface area is 130 Å². The molecule has 1 heterocycles. The highest BCUT2D eigenvalue weighted by Crippen LogP contribution is 2.12. The maximum atomic E-state index is 5.23. The highest BCUT2D eigenvalue weighted by atomic mass is 32.1. The molecular weight excluding hydrogens is 282 g/mol. The molecule has 0 aliphatic rings. The number of hydrazone groups is 1. The summed E-state index contributed by atoms with van der Waals surface area (Å²) < 4.78 is 1.83. The van der Waals surface area contributed by atoms with E-state index in [-0.39, 0.29) is 0 Å². The molecule has 0 aliphatic carbocycles. The number of rotatable bonds is 3. The molecule has 2 N–H and O–H groups in total. The first kappa shape index (κ1) is 15.2. The van der Waals surface area contributed by atoms with E-state index in [1.165, 1.54) is 0 Å². The predicted molar refractivity (Wildman–Crippen MR) is 90.8 cm³/mol. The number of thiocarbonyl (C=S) groups is 1. The number of hydrogen-bond acceptors (Lipinski definition) is 3. The van der Waals surface area contributed by atoms with E-state index in [4.69, 9.17) is 12.2 Å². The van der Waals surface area contributed by atoms with Gasteiger partial charge in [-0.05, 0) is 44.6 Å². The number of para-hydroxylation sites is 1. The number of benzene rings is 1. The van der Waals surface area contributed by atoms with Crippen LogP contribution < -0.4 is 10.7 Å². The second-order valence-electron chi connectivity index (χ2n) is 4.85. The monoisotopic (exact) mass is 301 g/mol. The van der Waals surface area contributed by atoms with Crippen molar-refractivity contribution in [1.29, 1.82) is 0 Å². The van der Waals surface area contributed by atoms with Crippen molar-refractivity contribution in [1.82, 2.24) is 15.2 Å². The van der Waals surface area contributed by atoms with Gasteiger partial charge in [-0.3, -0.25) is 10.1 Å². The van der Waals surface area contributed by atoms with Crippen molar-refractivity contribution < 1.29 is 0 Å². The molecule has 110 valence electrons. The van der Waals surface area contributed by atoms with Gasteiger partial charge >= 0.3 is 0 Å². The van der Waals surface area contributed by atoms with Crippen molar-refractivity contribution in [2.75, 3.05) is 5.32 Å². The van der Waals surface area contributed by atoms with E-state index < -0.39 is 0 Å². The summed E-state index contributed by atoms with van der Waals surface area (Å²) in [6, 6.07) is 7.95. The second-order valence-corrected chi connectivity index (χ2v) is 5.26. The molecule has 0 spiro atoms. The van der Waals surface area contributed by atoms with E-state index in [1.807, 2.05) is 56.8 Å². The SMILES string of the molecule is Cc1ccccc1NC(=S)N/N=C\c1c(C)nn(C)c1C. The number of anilines is 1. The molecule has 0 saturated carbocycles. The molecule has 5 nitrogen and oxygen atoms in total. The van der Waals surface area contributed by atoms with Crippen LogP contribution in [0.4, 0.5) is 5.69 Å². The van der Waals surface area contributed by atoms with Crippen molar-refractivity contribution in [3.05, 3.63) is 46.8 Å². The number of hydrogen-bond donors (Lipinski definition) is 2. The molecule has 0 amide bonds. The van der Waals surface area contributed by atoms with Crippen molar-refractivity contribution >= 4 is 29.2 Å². The molecular formula is C15H19N5S. The van der Waals surface area contributed by atoms with Gasteiger partial charge in [-0.2, -0.15) is 10.2 Å². The third-order valence-electron chi connectivity index (χ3n) is 3.32. The van der Waals surface area contributed by atoms with Crippen LogP contribution >= 0.6 is 12.2 Å². The smallest absolute Gasteiger partial charge is 0.191 e. The molecule has 0 fully saturated rings. The molecule has 0 bridgehead atoms. The average molecular weight is 301 g/mol. The normalized spacial score (nSPS) is 10.9. The standard InChI is InChI=1S/C15H19N5S/c1-10-7-5-6-8-14(10)17-15(21)18-16-9-13-11(2)19-20(4)12(13)3/h5-9H,1-4H3,(H2,17,18,21)/b16-9-. The van der Waals surface area contributed by atoms with Crippen LogP contribution in [0.15, 0.2) is 29.4 Å². The van der Waals surface area contributed by atoms with Gasteiger partial charge in [0.05, 0.1) is 11.9 Å². The molecule has 2 rings (SSSR count). The van der Waals surface area contributed by atoms with Gasteiger partial charge in [0.15, 0.2) is 5.11 Å². The zero-order chi connectivity index (χ0) is 15.4. The van der Waals surface area contributed by atoms with E-state index in [2.05, 4.69) is 20.9 Å². The van der Waals surface area contributed by atoms with Crippen LogP contribution in [0.25, 0.3) is 0 Å². The Balaban J connectivity index is 1.98. The molecule has 2 aromatic rings. The quantitative estimate of drug-likeness (QED) is 0.520. The summed E-state index contributed by atoms with van der Waals surface area (Å²) in [7, 11) is 1.91. The Bertz CT molecular complexity index is 687. The first-order chi connectivity index (χ1) is 9.99. The maximum Gasteiger partial charge on any atom is 0.191 e. The van der Waals surface area contributed by atoms with E-state index >= 15 is 0 Å². The summed E-state index contributed by atoms with van der Waals surface area (Å²) in [6.07, 6.45) is 1.74. The van der Waals surface area contributed by atoms with Crippen LogP contribution in [-0.2, 0) is 7.05 Å². The van der Waals surface area contributed by atoms with Crippen LogP contribution in [0.5, 0.6) is 0 Å². The zero-order valence-corrected chi connectivity index (χ0v) is 13.5. The molecule has 0 radical (unpaired) electrons. The Morgan fingerprint density at radius 3 is 2.62 bits per heavy atom. The summed E-state index contributed by atoms with van der Waals surface area (Å²) in [6.45, 7) is 5.99. The van der Waals surface area contributed by atoms with Gasteiger partial charge in [-0.25, -0.2) is 0 Å². The van der Waals surface area contributed by atoms with Gasteiger partial charge in [0.1, 0.15) is 0 Å². The minimum atomic E-state index is 0.458. The Morgan fingerprint density at radius 2 is 2.00 bits per heavy atom. The van der Waals surface area contributed by atoms with E-state index in [0.29, 0.717) is 5.11 Å². The molecule has 21 heavy (non-hydrogen) atoms. The molecule has 0 unspecified atom stereocenters. The van der Waals surface area contributed by atoms with Gasteiger partial charge in [-0.15, -0.1) is 0 Å². The van der Waals surface area contributed by atoms with E-state index in [1.54, 1.807) is 6.21 Å². The third-order valence-corrected chi connectivity index (χ3v) is 3.51. The fraction of sp³-hybridized carbons (Fsp3) is 0.267. The number of nitrogens with one attached hydrogen (secondary N) is 2. The van der Waals surface area contributed by atoms with Gasteiger partial charge < -0.3 is 5.32 Å². The van der Waals surface area contributed by atoms with E-state index in [0.717, 1.165) is 28.2 Å². The summed E-state index contributed by atoms with van der Waals surface area (Å²) >= 11 is 5.23. The Kier molecular flexibility index (Phi) is 4.70. The lowest BCUT2D eigenvalue weighted by Crippen LogP contribution is -2.24. The summed E-state index contributed by atoms with van der Waals surface area (Å²) in [5.74, 6) is 0. The second kappa shape index (κ2) is 6.49. The molecule has 1 aromatic carbocycles. The van der Waals surface area contributed by atoms with Crippen LogP contribution in [0.3, 0.4) is 0 Å². The fourth-order valence-electron chi connectivity index (χ4n) is 2.00. The van der Waals surface area contributed by atoms with Gasteiger partial charge in [-0.1, -0.05) is 18.2 Å². The Morgan fingerprint density at radius 1 is 1.29 bits per heavy atom. The first-order valence-electron chi connectivity index (χ1n) is 6.65. The van der Waals surface area contributed by atoms with Crippen molar-refractivity contribution in [2.45, 2.75) is 20.8 Å². The zero-order valence-electron chi connectivity index (χ0n) is 12.6. The highest BCUT2D eigenvalue weighted by molar-refractivity contribution is 7.80. The summed E-state index contributed by atoms with van der Waals surface area (Å²) in [5.41, 5.74) is 7.94. The van der Waals surface area contributed by atoms with Gasteiger partial charge in [0, 0.05) is 24.0 Å². The third kappa shape index (κ3) is 3.66. The molecule has 0 saturated heterocycles. The number of aryl methyl sites for hydroxylation is 3. The van der Waals surface area contributed by atoms with Crippen LogP contribution in [0, 0.1) is 20.8 Å². The first-order valence-corrected chi connectivity index (χ1v) is 7.05. The minimum Gasteiger partial charge on any atom is -0.331 e. The van der Waals surface area contributed by atoms with Crippen molar-refractivity contribution in [3.8, 4) is 0 Å². The topological polar surface area (TPSA) is 54.2 Å². The molecule has 1 aromatic heterocycles. The number of nitrogens with zero attached hydrogens (tertiary/aromatic N) is 3. The lowest BCUT2D eigenvalue weighted by molar-refractivity contribution is 0.731. The molecule has 0 atom stereocenters. The number of aromatic nitrogens is 2. The van der Waals surface area contributed by atoms with Crippen molar-refractivity contribution in [3.63, 3.8) is 0 Å². The van der Waals surface area contributed by atoms with Crippen LogP contribution in [0.1, 0.15) is 22.5 Å². The lowest BCUT2D eigenvalue weighted by Gasteiger charge is -2.09. The highest BCUT2D eigenvalue weighted by Gasteiger charge is 2.06.